The molecular weight excluding hydrogens is 282 g/mol. The highest BCUT2D eigenvalue weighted by Crippen LogP contribution is 2.24. The molecule has 0 bridgehead atoms. The summed E-state index contributed by atoms with van der Waals surface area (Å²) in [5, 5.41) is 0. The number of halogens is 1. The van der Waals surface area contributed by atoms with Crippen molar-refractivity contribution in [1.29, 1.82) is 0 Å². The summed E-state index contributed by atoms with van der Waals surface area (Å²) in [5.74, 6) is 0.708. The van der Waals surface area contributed by atoms with Crippen LogP contribution in [0, 0.1) is 0 Å². The van der Waals surface area contributed by atoms with Crippen LogP contribution in [0.1, 0.15) is 5.56 Å². The zero-order chi connectivity index (χ0) is 12.3. The van der Waals surface area contributed by atoms with Crippen molar-refractivity contribution in [1.82, 2.24) is 9.97 Å². The second-order valence-corrected chi connectivity index (χ2v) is 4.39. The first-order valence-corrected chi connectivity index (χ1v) is 5.88. The van der Waals surface area contributed by atoms with E-state index in [0.717, 1.165) is 21.3 Å². The molecule has 17 heavy (non-hydrogen) atoms. The van der Waals surface area contributed by atoms with E-state index in [2.05, 4.69) is 25.9 Å². The molecular formula is C12H12BrN3O. The van der Waals surface area contributed by atoms with E-state index in [1.54, 1.807) is 25.7 Å². The molecule has 0 aromatic carbocycles. The molecule has 0 aliphatic rings. The van der Waals surface area contributed by atoms with Gasteiger partial charge in [0.1, 0.15) is 5.75 Å². The summed E-state index contributed by atoms with van der Waals surface area (Å²) in [6.45, 7) is 0.417. The summed E-state index contributed by atoms with van der Waals surface area (Å²) < 4.78 is 6.10. The maximum atomic E-state index is 5.67. The lowest BCUT2D eigenvalue weighted by Crippen LogP contribution is -2.01. The summed E-state index contributed by atoms with van der Waals surface area (Å²) >= 11 is 3.38. The number of hydrogen-bond donors (Lipinski definition) is 1. The van der Waals surface area contributed by atoms with Gasteiger partial charge in [-0.1, -0.05) is 0 Å². The highest BCUT2D eigenvalue weighted by atomic mass is 79.9. The molecule has 2 rings (SSSR count). The van der Waals surface area contributed by atoms with Gasteiger partial charge < -0.3 is 10.5 Å². The molecule has 0 saturated carbocycles. The molecule has 2 heterocycles. The fraction of sp³-hybridized carbons (Fsp3) is 0.167. The summed E-state index contributed by atoms with van der Waals surface area (Å²) in [6.07, 6.45) is 5.18. The van der Waals surface area contributed by atoms with E-state index in [1.807, 2.05) is 12.1 Å². The molecule has 0 spiro atoms. The van der Waals surface area contributed by atoms with Crippen molar-refractivity contribution >= 4 is 15.9 Å². The molecule has 0 aliphatic heterocycles. The van der Waals surface area contributed by atoms with E-state index in [-0.39, 0.29) is 0 Å². The average molecular weight is 294 g/mol. The standard InChI is InChI=1S/C12H12BrN3O/c1-17-12-7-16-11(3-8(12)4-14)9-2-10(13)6-15-5-9/h2-3,5-7H,4,14H2,1H3. The van der Waals surface area contributed by atoms with Gasteiger partial charge in [0.05, 0.1) is 19.0 Å². The van der Waals surface area contributed by atoms with Gasteiger partial charge >= 0.3 is 0 Å². The Morgan fingerprint density at radius 2 is 2.12 bits per heavy atom. The summed E-state index contributed by atoms with van der Waals surface area (Å²) in [6, 6.07) is 3.88. The number of hydrogen-bond acceptors (Lipinski definition) is 4. The normalized spacial score (nSPS) is 10.3. The van der Waals surface area contributed by atoms with E-state index in [9.17, 15) is 0 Å². The monoisotopic (exact) mass is 293 g/mol. The molecule has 2 aromatic rings. The lowest BCUT2D eigenvalue weighted by atomic mass is 10.1. The third-order valence-electron chi connectivity index (χ3n) is 2.39. The second kappa shape index (κ2) is 5.25. The smallest absolute Gasteiger partial charge is 0.141 e. The molecule has 2 N–H and O–H groups in total. The Bertz CT molecular complexity index is 531. The molecule has 0 amide bonds. The SMILES string of the molecule is COc1cnc(-c2cncc(Br)c2)cc1CN. The number of ether oxygens (including phenoxy) is 1. The van der Waals surface area contributed by atoms with E-state index < -0.39 is 0 Å². The average Bonchev–Trinajstić information content (AvgIpc) is 2.38. The minimum atomic E-state index is 0.417. The van der Waals surface area contributed by atoms with E-state index in [1.165, 1.54) is 0 Å². The predicted octanol–water partition coefficient (Wildman–Crippen LogP) is 2.37. The Kier molecular flexibility index (Phi) is 3.71. The minimum absolute atomic E-state index is 0.417. The lowest BCUT2D eigenvalue weighted by molar-refractivity contribution is 0.408. The highest BCUT2D eigenvalue weighted by molar-refractivity contribution is 9.10. The van der Waals surface area contributed by atoms with Crippen LogP contribution >= 0.6 is 15.9 Å². The molecule has 0 radical (unpaired) electrons. The molecule has 4 nitrogen and oxygen atoms in total. The first kappa shape index (κ1) is 12.0. The van der Waals surface area contributed by atoms with Crippen LogP contribution in [0.15, 0.2) is 35.2 Å². The third kappa shape index (κ3) is 2.62. The maximum absolute atomic E-state index is 5.67. The van der Waals surface area contributed by atoms with Crippen LogP contribution in [0.4, 0.5) is 0 Å². The van der Waals surface area contributed by atoms with Gasteiger partial charge in [-0.3, -0.25) is 9.97 Å². The number of rotatable bonds is 3. The van der Waals surface area contributed by atoms with Crippen molar-refractivity contribution in [2.75, 3.05) is 7.11 Å². The van der Waals surface area contributed by atoms with E-state index >= 15 is 0 Å². The van der Waals surface area contributed by atoms with Crippen LogP contribution in [0.3, 0.4) is 0 Å². The zero-order valence-electron chi connectivity index (χ0n) is 9.35. The third-order valence-corrected chi connectivity index (χ3v) is 2.82. The largest absolute Gasteiger partial charge is 0.495 e. The number of pyridine rings is 2. The molecule has 2 aromatic heterocycles. The van der Waals surface area contributed by atoms with Gasteiger partial charge in [-0.2, -0.15) is 0 Å². The van der Waals surface area contributed by atoms with Crippen LogP contribution < -0.4 is 10.5 Å². The Balaban J connectivity index is 2.46. The summed E-state index contributed by atoms with van der Waals surface area (Å²) in [7, 11) is 1.61. The van der Waals surface area contributed by atoms with Gasteiger partial charge in [0.2, 0.25) is 0 Å². The molecule has 88 valence electrons. The van der Waals surface area contributed by atoms with Crippen molar-refractivity contribution < 1.29 is 4.74 Å². The lowest BCUT2D eigenvalue weighted by Gasteiger charge is -2.08. The van der Waals surface area contributed by atoms with Gasteiger partial charge in [0.15, 0.2) is 0 Å². The van der Waals surface area contributed by atoms with Gasteiger partial charge in [-0.15, -0.1) is 0 Å². The molecule has 0 unspecified atom stereocenters. The van der Waals surface area contributed by atoms with Crippen LogP contribution in [0.25, 0.3) is 11.3 Å². The molecule has 5 heteroatoms. The van der Waals surface area contributed by atoms with Gasteiger partial charge in [-0.25, -0.2) is 0 Å². The molecule has 0 saturated heterocycles. The summed E-state index contributed by atoms with van der Waals surface area (Å²) in [4.78, 5) is 8.44. The van der Waals surface area contributed by atoms with Crippen molar-refractivity contribution in [2.24, 2.45) is 5.73 Å². The Morgan fingerprint density at radius 3 is 2.76 bits per heavy atom. The molecule has 0 atom stereocenters. The van der Waals surface area contributed by atoms with Crippen molar-refractivity contribution in [2.45, 2.75) is 6.54 Å². The van der Waals surface area contributed by atoms with Gasteiger partial charge in [0.25, 0.3) is 0 Å². The molecule has 0 aliphatic carbocycles. The number of nitrogens with two attached hydrogens (primary N) is 1. The van der Waals surface area contributed by atoms with Crippen molar-refractivity contribution in [3.63, 3.8) is 0 Å². The topological polar surface area (TPSA) is 61.0 Å². The second-order valence-electron chi connectivity index (χ2n) is 3.48. The Hall–Kier alpha value is -1.46. The Labute approximate surface area is 108 Å². The summed E-state index contributed by atoms with van der Waals surface area (Å²) in [5.41, 5.74) is 8.37. The zero-order valence-corrected chi connectivity index (χ0v) is 10.9. The van der Waals surface area contributed by atoms with Gasteiger partial charge in [-0.05, 0) is 28.1 Å². The fourth-order valence-electron chi connectivity index (χ4n) is 1.54. The van der Waals surface area contributed by atoms with Crippen LogP contribution in [0.5, 0.6) is 5.75 Å². The number of methoxy groups -OCH3 is 1. The maximum Gasteiger partial charge on any atom is 0.141 e. The number of aromatic nitrogens is 2. The van der Waals surface area contributed by atoms with E-state index in [4.69, 9.17) is 10.5 Å². The first-order valence-electron chi connectivity index (χ1n) is 5.08. The van der Waals surface area contributed by atoms with Crippen molar-refractivity contribution in [3.8, 4) is 17.0 Å². The Morgan fingerprint density at radius 1 is 1.29 bits per heavy atom. The predicted molar refractivity (Wildman–Crippen MR) is 69.6 cm³/mol. The van der Waals surface area contributed by atoms with Crippen molar-refractivity contribution in [3.05, 3.63) is 40.8 Å². The number of nitrogens with zero attached hydrogens (tertiary/aromatic N) is 2. The fourth-order valence-corrected chi connectivity index (χ4v) is 1.90. The highest BCUT2D eigenvalue weighted by Gasteiger charge is 2.06. The minimum Gasteiger partial charge on any atom is -0.495 e. The quantitative estimate of drug-likeness (QED) is 0.944. The van der Waals surface area contributed by atoms with Crippen LogP contribution in [0.2, 0.25) is 0 Å². The molecule has 0 fully saturated rings. The van der Waals surface area contributed by atoms with Crippen LogP contribution in [-0.4, -0.2) is 17.1 Å². The first-order chi connectivity index (χ1) is 8.24. The van der Waals surface area contributed by atoms with Crippen LogP contribution in [-0.2, 0) is 6.54 Å². The van der Waals surface area contributed by atoms with E-state index in [0.29, 0.717) is 12.3 Å². The van der Waals surface area contributed by atoms with Gasteiger partial charge in [0, 0.05) is 34.5 Å².